The van der Waals surface area contributed by atoms with Crippen LogP contribution in [0.2, 0.25) is 0 Å². The molecule has 2 aromatic rings. The minimum atomic E-state index is -0.494. The van der Waals surface area contributed by atoms with E-state index < -0.39 is 4.92 Å². The Labute approximate surface area is 149 Å². The van der Waals surface area contributed by atoms with Crippen LogP contribution in [0.25, 0.3) is 0 Å². The molecule has 25 heavy (non-hydrogen) atoms. The van der Waals surface area contributed by atoms with E-state index in [9.17, 15) is 14.9 Å². The number of carbonyl (C=O) groups is 1. The summed E-state index contributed by atoms with van der Waals surface area (Å²) in [5.74, 6) is -0.326. The average Bonchev–Trinajstić information content (AvgIpc) is 2.77. The van der Waals surface area contributed by atoms with Gasteiger partial charge in [-0.05, 0) is 62.7 Å². The topological polar surface area (TPSA) is 114 Å². The van der Waals surface area contributed by atoms with Gasteiger partial charge in [0.05, 0.1) is 4.92 Å². The normalized spacial score (nSPS) is 10.4. The summed E-state index contributed by atoms with van der Waals surface area (Å²) < 4.78 is 1.33. The van der Waals surface area contributed by atoms with Gasteiger partial charge in [-0.3, -0.25) is 19.6 Å². The molecule has 0 aliphatic heterocycles. The van der Waals surface area contributed by atoms with Gasteiger partial charge < -0.3 is 5.32 Å². The van der Waals surface area contributed by atoms with Crippen LogP contribution < -0.4 is 5.32 Å². The molecule has 1 aromatic carbocycles. The second-order valence-corrected chi connectivity index (χ2v) is 6.47. The second-order valence-electron chi connectivity index (χ2n) is 5.61. The Morgan fingerprint density at radius 3 is 2.44 bits per heavy atom. The van der Waals surface area contributed by atoms with Gasteiger partial charge in [-0.1, -0.05) is 0 Å². The SMILES string of the molecule is Cc1cc(SC#N)cc(C)c1NC(=O)Cn1nc(C)c([N+](=O)[O-])c1C. The van der Waals surface area contributed by atoms with Crippen molar-refractivity contribution in [2.45, 2.75) is 39.1 Å². The monoisotopic (exact) mass is 359 g/mol. The first-order valence-corrected chi connectivity index (χ1v) is 8.21. The molecule has 9 heteroatoms. The number of aromatic nitrogens is 2. The standard InChI is InChI=1S/C16H17N5O3S/c1-9-5-13(25-8-17)6-10(2)15(9)18-14(22)7-20-12(4)16(21(23)24)11(3)19-20/h5-6H,7H2,1-4H3,(H,18,22). The van der Waals surface area contributed by atoms with Gasteiger partial charge in [0.2, 0.25) is 5.91 Å². The lowest BCUT2D eigenvalue weighted by Gasteiger charge is -2.13. The number of nitriles is 1. The number of hydrogen-bond donors (Lipinski definition) is 1. The molecule has 0 spiro atoms. The van der Waals surface area contributed by atoms with Gasteiger partial charge in [-0.15, -0.1) is 0 Å². The van der Waals surface area contributed by atoms with Gasteiger partial charge in [-0.2, -0.15) is 10.4 Å². The molecule has 0 saturated heterocycles. The van der Waals surface area contributed by atoms with Gasteiger partial charge in [0, 0.05) is 10.6 Å². The Morgan fingerprint density at radius 2 is 1.96 bits per heavy atom. The number of rotatable bonds is 5. The third-order valence-electron chi connectivity index (χ3n) is 3.75. The smallest absolute Gasteiger partial charge is 0.312 e. The predicted molar refractivity (Wildman–Crippen MR) is 94.4 cm³/mol. The lowest BCUT2D eigenvalue weighted by atomic mass is 10.1. The Morgan fingerprint density at radius 1 is 1.36 bits per heavy atom. The van der Waals surface area contributed by atoms with Crippen molar-refractivity contribution in [3.05, 3.63) is 44.8 Å². The zero-order valence-corrected chi connectivity index (χ0v) is 15.1. The van der Waals surface area contributed by atoms with Gasteiger partial charge in [0.25, 0.3) is 0 Å². The number of aryl methyl sites for hydroxylation is 3. The summed E-state index contributed by atoms with van der Waals surface area (Å²) in [4.78, 5) is 23.7. The van der Waals surface area contributed by atoms with Crippen LogP contribution in [0, 0.1) is 48.5 Å². The fourth-order valence-corrected chi connectivity index (χ4v) is 3.23. The first-order chi connectivity index (χ1) is 11.7. The highest BCUT2D eigenvalue weighted by molar-refractivity contribution is 8.03. The Kier molecular flexibility index (Phi) is 5.44. The van der Waals surface area contributed by atoms with Crippen LogP contribution in [0.15, 0.2) is 17.0 Å². The third kappa shape index (κ3) is 3.97. The van der Waals surface area contributed by atoms with Gasteiger partial charge in [0.15, 0.2) is 0 Å². The molecule has 0 saturated carbocycles. The summed E-state index contributed by atoms with van der Waals surface area (Å²) in [5, 5.41) is 28.7. The summed E-state index contributed by atoms with van der Waals surface area (Å²) in [7, 11) is 0. The third-order valence-corrected chi connectivity index (χ3v) is 4.32. The van der Waals surface area contributed by atoms with Crippen molar-refractivity contribution >= 4 is 29.0 Å². The number of carbonyl (C=O) groups excluding carboxylic acids is 1. The fraction of sp³-hybridized carbons (Fsp3) is 0.312. The number of amides is 1. The Balaban J connectivity index is 2.21. The molecule has 0 atom stereocenters. The predicted octanol–water partition coefficient (Wildman–Crippen LogP) is 3.24. The van der Waals surface area contributed by atoms with Gasteiger partial charge in [0.1, 0.15) is 23.3 Å². The van der Waals surface area contributed by atoms with Gasteiger partial charge >= 0.3 is 5.69 Å². The molecule has 0 bridgehead atoms. The van der Waals surface area contributed by atoms with Crippen molar-refractivity contribution in [1.29, 1.82) is 5.26 Å². The van der Waals surface area contributed by atoms with Crippen LogP contribution in [0.4, 0.5) is 11.4 Å². The van der Waals surface area contributed by atoms with Crippen LogP contribution >= 0.6 is 11.8 Å². The van der Waals surface area contributed by atoms with E-state index in [-0.39, 0.29) is 23.8 Å². The number of nitrogens with one attached hydrogen (secondary N) is 1. The molecular weight excluding hydrogens is 342 g/mol. The lowest BCUT2D eigenvalue weighted by Crippen LogP contribution is -2.21. The van der Waals surface area contributed by atoms with E-state index in [1.165, 1.54) is 4.68 Å². The van der Waals surface area contributed by atoms with Crippen LogP contribution in [-0.4, -0.2) is 20.6 Å². The van der Waals surface area contributed by atoms with Crippen molar-refractivity contribution in [1.82, 2.24) is 9.78 Å². The molecule has 1 aromatic heterocycles. The molecule has 1 amide bonds. The highest BCUT2D eigenvalue weighted by atomic mass is 32.2. The maximum Gasteiger partial charge on any atom is 0.312 e. The van der Waals surface area contributed by atoms with Crippen LogP contribution in [0.5, 0.6) is 0 Å². The first kappa shape index (κ1) is 18.5. The number of thiocyanates is 1. The van der Waals surface area contributed by atoms with E-state index in [0.29, 0.717) is 11.4 Å². The number of nitrogens with zero attached hydrogens (tertiary/aromatic N) is 4. The molecule has 1 N–H and O–H groups in total. The average molecular weight is 359 g/mol. The number of anilines is 1. The summed E-state index contributed by atoms with van der Waals surface area (Å²) in [5.41, 5.74) is 2.89. The quantitative estimate of drug-likeness (QED) is 0.379. The Bertz CT molecular complexity index is 875. The summed E-state index contributed by atoms with van der Waals surface area (Å²) in [6.45, 7) is 6.68. The van der Waals surface area contributed by atoms with Crippen LogP contribution in [-0.2, 0) is 11.3 Å². The van der Waals surface area contributed by atoms with Crippen LogP contribution in [0.3, 0.4) is 0 Å². The van der Waals surface area contributed by atoms with Crippen molar-refractivity contribution < 1.29 is 9.72 Å². The maximum absolute atomic E-state index is 12.3. The zero-order valence-electron chi connectivity index (χ0n) is 14.3. The Hall–Kier alpha value is -2.86. The molecule has 1 heterocycles. The van der Waals surface area contributed by atoms with E-state index in [4.69, 9.17) is 5.26 Å². The van der Waals surface area contributed by atoms with Crippen molar-refractivity contribution in [3.63, 3.8) is 0 Å². The van der Waals surface area contributed by atoms with E-state index in [2.05, 4.69) is 10.4 Å². The highest BCUT2D eigenvalue weighted by Gasteiger charge is 2.23. The number of nitro groups is 1. The molecule has 0 radical (unpaired) electrons. The van der Waals surface area contributed by atoms with E-state index >= 15 is 0 Å². The first-order valence-electron chi connectivity index (χ1n) is 7.40. The lowest BCUT2D eigenvalue weighted by molar-refractivity contribution is -0.386. The molecule has 2 rings (SSSR count). The zero-order chi connectivity index (χ0) is 18.7. The minimum Gasteiger partial charge on any atom is -0.324 e. The molecule has 0 unspecified atom stereocenters. The summed E-state index contributed by atoms with van der Waals surface area (Å²) >= 11 is 1.06. The van der Waals surface area contributed by atoms with Gasteiger partial charge in [-0.25, -0.2) is 0 Å². The number of hydrogen-bond acceptors (Lipinski definition) is 6. The molecule has 0 fully saturated rings. The minimum absolute atomic E-state index is 0.0713. The number of thioether (sulfide) groups is 1. The number of benzene rings is 1. The fourth-order valence-electron chi connectivity index (χ4n) is 2.65. The van der Waals surface area contributed by atoms with E-state index in [1.807, 2.05) is 31.4 Å². The summed E-state index contributed by atoms with van der Waals surface area (Å²) in [6.07, 6.45) is 0. The molecule has 0 aliphatic carbocycles. The van der Waals surface area contributed by atoms with Crippen molar-refractivity contribution in [2.24, 2.45) is 0 Å². The largest absolute Gasteiger partial charge is 0.324 e. The molecular formula is C16H17N5O3S. The van der Waals surface area contributed by atoms with Crippen molar-refractivity contribution in [2.75, 3.05) is 5.32 Å². The van der Waals surface area contributed by atoms with Crippen LogP contribution in [0.1, 0.15) is 22.5 Å². The maximum atomic E-state index is 12.3. The molecule has 130 valence electrons. The second kappa shape index (κ2) is 7.36. The molecule has 0 aliphatic rings. The van der Waals surface area contributed by atoms with E-state index in [0.717, 1.165) is 27.8 Å². The van der Waals surface area contributed by atoms with E-state index in [1.54, 1.807) is 13.8 Å². The van der Waals surface area contributed by atoms with Crippen molar-refractivity contribution in [3.8, 4) is 5.40 Å². The highest BCUT2D eigenvalue weighted by Crippen LogP contribution is 2.28. The summed E-state index contributed by atoms with van der Waals surface area (Å²) in [6, 6.07) is 3.65. The molecule has 8 nitrogen and oxygen atoms in total.